The summed E-state index contributed by atoms with van der Waals surface area (Å²) in [6, 6.07) is 0. The third kappa shape index (κ3) is 0.593. The Bertz CT molecular complexity index is 300. The van der Waals surface area contributed by atoms with E-state index < -0.39 is 5.54 Å². The first-order valence-electron chi connectivity index (χ1n) is 5.27. The molecule has 1 aliphatic carbocycles. The number of aliphatic hydroxyl groups excluding tert-OH is 2. The molecule has 1 saturated carbocycles. The number of carbonyl (C=O) groups is 1. The van der Waals surface area contributed by atoms with Crippen LogP contribution in [0.15, 0.2) is 0 Å². The largest absolute Gasteiger partial charge is 0.394 e. The smallest absolute Gasteiger partial charge is 0.178 e. The third-order valence-corrected chi connectivity index (χ3v) is 4.59. The Labute approximate surface area is 82.5 Å². The maximum absolute atomic E-state index is 12.0. The molecule has 1 spiro atoms. The Morgan fingerprint density at radius 1 is 1.36 bits per heavy atom. The monoisotopic (exact) mass is 197 g/mol. The van der Waals surface area contributed by atoms with Crippen molar-refractivity contribution in [1.82, 2.24) is 4.90 Å². The number of aliphatic hydroxyl groups is 2. The van der Waals surface area contributed by atoms with E-state index in [1.165, 1.54) is 0 Å². The van der Waals surface area contributed by atoms with Gasteiger partial charge < -0.3 is 10.2 Å². The molecule has 3 rings (SSSR count). The molecule has 4 nitrogen and oxygen atoms in total. The summed E-state index contributed by atoms with van der Waals surface area (Å²) in [5, 5.41) is 18.5. The first kappa shape index (κ1) is 8.83. The van der Waals surface area contributed by atoms with Crippen LogP contribution in [0.4, 0.5) is 0 Å². The standard InChI is InChI=1S/C10H15NO3/c12-5-9(6-13)8(14)10-3-1-7(10)2-4-11(9)10/h7,12-13H,1-6H2. The fourth-order valence-electron chi connectivity index (χ4n) is 3.70. The molecule has 3 fully saturated rings. The zero-order valence-corrected chi connectivity index (χ0v) is 8.07. The molecule has 0 aromatic rings. The van der Waals surface area contributed by atoms with E-state index in [1.807, 2.05) is 0 Å². The van der Waals surface area contributed by atoms with Crippen molar-refractivity contribution in [2.24, 2.45) is 5.92 Å². The van der Waals surface area contributed by atoms with E-state index in [0.29, 0.717) is 5.92 Å². The second-order valence-electron chi connectivity index (χ2n) is 4.78. The molecule has 78 valence electrons. The van der Waals surface area contributed by atoms with Crippen LogP contribution in [-0.2, 0) is 4.79 Å². The summed E-state index contributed by atoms with van der Waals surface area (Å²) in [5.74, 6) is 0.588. The number of carbonyl (C=O) groups excluding carboxylic acids is 1. The molecule has 2 saturated heterocycles. The summed E-state index contributed by atoms with van der Waals surface area (Å²) < 4.78 is 0. The number of nitrogens with zero attached hydrogens (tertiary/aromatic N) is 1. The van der Waals surface area contributed by atoms with Crippen molar-refractivity contribution >= 4 is 5.78 Å². The second-order valence-corrected chi connectivity index (χ2v) is 4.78. The van der Waals surface area contributed by atoms with Crippen molar-refractivity contribution in [2.75, 3.05) is 19.8 Å². The highest BCUT2D eigenvalue weighted by Gasteiger charge is 2.76. The minimum Gasteiger partial charge on any atom is -0.394 e. The van der Waals surface area contributed by atoms with Crippen LogP contribution in [0.2, 0.25) is 0 Å². The molecular weight excluding hydrogens is 182 g/mol. The molecule has 2 unspecified atom stereocenters. The summed E-state index contributed by atoms with van der Waals surface area (Å²) in [4.78, 5) is 14.1. The maximum atomic E-state index is 12.0. The van der Waals surface area contributed by atoms with E-state index in [0.717, 1.165) is 25.8 Å². The lowest BCUT2D eigenvalue weighted by Gasteiger charge is -2.65. The highest BCUT2D eigenvalue weighted by molar-refractivity contribution is 6.05. The molecule has 0 radical (unpaired) electrons. The molecule has 0 bridgehead atoms. The number of rotatable bonds is 2. The van der Waals surface area contributed by atoms with Gasteiger partial charge in [-0.3, -0.25) is 9.69 Å². The van der Waals surface area contributed by atoms with Gasteiger partial charge in [0.25, 0.3) is 0 Å². The minimum absolute atomic E-state index is 0.0868. The predicted molar refractivity (Wildman–Crippen MR) is 48.7 cm³/mol. The van der Waals surface area contributed by atoms with E-state index in [9.17, 15) is 15.0 Å². The van der Waals surface area contributed by atoms with Crippen LogP contribution in [0, 0.1) is 5.92 Å². The van der Waals surface area contributed by atoms with E-state index in [4.69, 9.17) is 0 Å². The molecule has 2 aliphatic heterocycles. The predicted octanol–water partition coefficient (Wildman–Crippen LogP) is -0.853. The van der Waals surface area contributed by atoms with Crippen molar-refractivity contribution in [2.45, 2.75) is 30.3 Å². The van der Waals surface area contributed by atoms with Gasteiger partial charge in [0, 0.05) is 6.54 Å². The topological polar surface area (TPSA) is 60.8 Å². The quantitative estimate of drug-likeness (QED) is 0.605. The number of Topliss-reactive ketones (excluding diaryl/α,β-unsaturated/α-hetero) is 1. The first-order valence-corrected chi connectivity index (χ1v) is 5.27. The molecule has 0 aromatic carbocycles. The molecule has 0 amide bonds. The van der Waals surface area contributed by atoms with Gasteiger partial charge in [-0.05, 0) is 25.2 Å². The van der Waals surface area contributed by atoms with Crippen LogP contribution < -0.4 is 0 Å². The molecule has 2 N–H and O–H groups in total. The molecule has 0 aromatic heterocycles. The zero-order chi connectivity index (χ0) is 9.97. The maximum Gasteiger partial charge on any atom is 0.178 e. The number of ketones is 1. The van der Waals surface area contributed by atoms with Crippen molar-refractivity contribution in [3.05, 3.63) is 0 Å². The van der Waals surface area contributed by atoms with Crippen LogP contribution in [0.3, 0.4) is 0 Å². The number of hydrogen-bond acceptors (Lipinski definition) is 4. The van der Waals surface area contributed by atoms with Gasteiger partial charge in [0.05, 0.1) is 18.8 Å². The van der Waals surface area contributed by atoms with Gasteiger partial charge >= 0.3 is 0 Å². The van der Waals surface area contributed by atoms with Gasteiger partial charge in [-0.15, -0.1) is 0 Å². The summed E-state index contributed by atoms with van der Waals surface area (Å²) in [6.07, 6.45) is 3.11. The lowest BCUT2D eigenvalue weighted by molar-refractivity contribution is -0.201. The van der Waals surface area contributed by atoms with Gasteiger partial charge in [0.15, 0.2) is 5.78 Å². The minimum atomic E-state index is -0.935. The number of hydrogen-bond donors (Lipinski definition) is 2. The van der Waals surface area contributed by atoms with Crippen LogP contribution in [-0.4, -0.2) is 51.7 Å². The average Bonchev–Trinajstić information content (AvgIpc) is 2.39. The zero-order valence-electron chi connectivity index (χ0n) is 8.07. The van der Waals surface area contributed by atoms with Crippen molar-refractivity contribution in [3.8, 4) is 0 Å². The molecule has 2 heterocycles. The fraction of sp³-hybridized carbons (Fsp3) is 0.900. The third-order valence-electron chi connectivity index (χ3n) is 4.59. The van der Waals surface area contributed by atoms with E-state index in [2.05, 4.69) is 4.90 Å². The molecular formula is C10H15NO3. The van der Waals surface area contributed by atoms with E-state index in [-0.39, 0.29) is 24.5 Å². The highest BCUT2D eigenvalue weighted by atomic mass is 16.3. The molecule has 2 atom stereocenters. The van der Waals surface area contributed by atoms with E-state index >= 15 is 0 Å². The van der Waals surface area contributed by atoms with Crippen LogP contribution in [0.1, 0.15) is 19.3 Å². The van der Waals surface area contributed by atoms with Gasteiger partial charge in [0.2, 0.25) is 0 Å². The van der Waals surface area contributed by atoms with Crippen LogP contribution in [0.25, 0.3) is 0 Å². The Morgan fingerprint density at radius 2 is 2.07 bits per heavy atom. The molecule has 14 heavy (non-hydrogen) atoms. The average molecular weight is 197 g/mol. The van der Waals surface area contributed by atoms with Gasteiger partial charge in [-0.1, -0.05) is 0 Å². The summed E-state index contributed by atoms with van der Waals surface area (Å²) >= 11 is 0. The van der Waals surface area contributed by atoms with Gasteiger partial charge in [0.1, 0.15) is 5.54 Å². The molecule has 3 aliphatic rings. The Balaban J connectivity index is 1.98. The second kappa shape index (κ2) is 2.38. The summed E-state index contributed by atoms with van der Waals surface area (Å²) in [7, 11) is 0. The van der Waals surface area contributed by atoms with Crippen LogP contribution in [0.5, 0.6) is 0 Å². The highest BCUT2D eigenvalue weighted by Crippen LogP contribution is 2.61. The van der Waals surface area contributed by atoms with Gasteiger partial charge in [-0.25, -0.2) is 0 Å². The Morgan fingerprint density at radius 3 is 2.57 bits per heavy atom. The lowest BCUT2D eigenvalue weighted by atomic mass is 9.55. The first-order chi connectivity index (χ1) is 6.72. The van der Waals surface area contributed by atoms with Crippen LogP contribution >= 0.6 is 0 Å². The SMILES string of the molecule is O=C1C(CO)(CO)N2CCC3CCC132. The normalized spacial score (nSPS) is 43.9. The van der Waals surface area contributed by atoms with E-state index in [1.54, 1.807) is 0 Å². The Hall–Kier alpha value is -0.450. The Kier molecular flexibility index (Phi) is 1.50. The summed E-state index contributed by atoms with van der Waals surface area (Å²) in [6.45, 7) is 0.380. The van der Waals surface area contributed by atoms with Crippen molar-refractivity contribution in [3.63, 3.8) is 0 Å². The van der Waals surface area contributed by atoms with Crippen molar-refractivity contribution < 1.29 is 15.0 Å². The fourth-order valence-corrected chi connectivity index (χ4v) is 3.70. The lowest BCUT2D eigenvalue weighted by Crippen LogP contribution is -2.85. The van der Waals surface area contributed by atoms with Gasteiger partial charge in [-0.2, -0.15) is 0 Å². The molecule has 4 heteroatoms. The summed E-state index contributed by atoms with van der Waals surface area (Å²) in [5.41, 5.74) is -1.19. The van der Waals surface area contributed by atoms with Crippen molar-refractivity contribution in [1.29, 1.82) is 0 Å².